The monoisotopic (exact) mass is 488 g/mol. The number of hydrogen-bond donors (Lipinski definition) is 0. The molecule has 4 aromatic carbocycles. The molecule has 0 bridgehead atoms. The molecule has 182 valence electrons. The van der Waals surface area contributed by atoms with Crippen molar-refractivity contribution >= 4 is 10.8 Å². The van der Waals surface area contributed by atoms with E-state index in [-0.39, 0.29) is 18.4 Å². The summed E-state index contributed by atoms with van der Waals surface area (Å²) in [6, 6.07) is 17.6. The maximum Gasteiger partial charge on any atom is 0.422 e. The SMILES string of the molecule is CCCOc1ccc(-c2ccc3c(F)c(CCc4cc(F)c(C(F)(F)F)c(F)c4)ccc3c2)cc1. The van der Waals surface area contributed by atoms with Crippen molar-refractivity contribution in [2.75, 3.05) is 6.61 Å². The van der Waals surface area contributed by atoms with Gasteiger partial charge in [0.15, 0.2) is 0 Å². The van der Waals surface area contributed by atoms with E-state index in [4.69, 9.17) is 4.74 Å². The van der Waals surface area contributed by atoms with Crippen molar-refractivity contribution in [2.45, 2.75) is 32.4 Å². The molecule has 0 unspecified atom stereocenters. The average molecular weight is 488 g/mol. The highest BCUT2D eigenvalue weighted by molar-refractivity contribution is 5.88. The van der Waals surface area contributed by atoms with Crippen LogP contribution in [0.4, 0.5) is 26.3 Å². The topological polar surface area (TPSA) is 9.23 Å². The number of aryl methyl sites for hydroxylation is 2. The summed E-state index contributed by atoms with van der Waals surface area (Å²) in [6.07, 6.45) is -4.15. The van der Waals surface area contributed by atoms with E-state index in [1.165, 1.54) is 0 Å². The van der Waals surface area contributed by atoms with E-state index in [1.807, 2.05) is 37.3 Å². The third-order valence-corrected chi connectivity index (χ3v) is 5.76. The van der Waals surface area contributed by atoms with Gasteiger partial charge in [0.25, 0.3) is 0 Å². The van der Waals surface area contributed by atoms with E-state index >= 15 is 4.39 Å². The first-order valence-corrected chi connectivity index (χ1v) is 11.2. The van der Waals surface area contributed by atoms with Gasteiger partial charge in [0.2, 0.25) is 0 Å². The lowest BCUT2D eigenvalue weighted by Crippen LogP contribution is -2.12. The van der Waals surface area contributed by atoms with Gasteiger partial charge in [-0.1, -0.05) is 43.3 Å². The van der Waals surface area contributed by atoms with E-state index in [9.17, 15) is 22.0 Å². The van der Waals surface area contributed by atoms with Gasteiger partial charge in [0.1, 0.15) is 28.8 Å². The number of hydrogen-bond acceptors (Lipinski definition) is 1. The Kier molecular flexibility index (Phi) is 7.05. The molecule has 0 saturated heterocycles. The highest BCUT2D eigenvalue weighted by Gasteiger charge is 2.37. The molecule has 0 N–H and O–H groups in total. The first-order chi connectivity index (χ1) is 16.7. The standard InChI is InChI=1S/C28H22F6O/c1-2-13-35-22-10-7-18(8-11-22)20-9-12-23-21(16-20)6-5-19(27(23)31)4-3-17-14-24(29)26(25(30)15-17)28(32,33)34/h5-12,14-16H,2-4,13H2,1H3. The summed E-state index contributed by atoms with van der Waals surface area (Å²) in [5.41, 5.74) is 0.267. The van der Waals surface area contributed by atoms with Crippen molar-refractivity contribution in [3.8, 4) is 16.9 Å². The molecule has 0 amide bonds. The van der Waals surface area contributed by atoms with Crippen LogP contribution in [0.1, 0.15) is 30.0 Å². The Hall–Kier alpha value is -3.48. The van der Waals surface area contributed by atoms with Crippen molar-refractivity contribution in [1.82, 2.24) is 0 Å². The molecule has 0 atom stereocenters. The second kappa shape index (κ2) is 10.0. The molecular formula is C28H22F6O. The smallest absolute Gasteiger partial charge is 0.422 e. The number of fused-ring (bicyclic) bond motifs is 1. The molecule has 0 aliphatic heterocycles. The molecule has 0 fully saturated rings. The van der Waals surface area contributed by atoms with Crippen LogP contribution in [0, 0.1) is 17.5 Å². The maximum absolute atomic E-state index is 15.1. The van der Waals surface area contributed by atoms with Gasteiger partial charge >= 0.3 is 6.18 Å². The molecule has 7 heteroatoms. The molecule has 35 heavy (non-hydrogen) atoms. The van der Waals surface area contributed by atoms with Crippen LogP contribution in [-0.2, 0) is 19.0 Å². The van der Waals surface area contributed by atoms with Crippen LogP contribution in [0.25, 0.3) is 21.9 Å². The molecular weight excluding hydrogens is 466 g/mol. The number of ether oxygens (including phenoxy) is 1. The summed E-state index contributed by atoms with van der Waals surface area (Å²) in [5, 5.41) is 1.07. The van der Waals surface area contributed by atoms with E-state index < -0.39 is 29.2 Å². The van der Waals surface area contributed by atoms with Gasteiger partial charge in [0, 0.05) is 5.39 Å². The molecule has 0 heterocycles. The fourth-order valence-corrected chi connectivity index (χ4v) is 3.99. The van der Waals surface area contributed by atoms with Gasteiger partial charge in [-0.2, -0.15) is 13.2 Å². The Morgan fingerprint density at radius 3 is 2.03 bits per heavy atom. The zero-order chi connectivity index (χ0) is 25.2. The van der Waals surface area contributed by atoms with E-state index in [2.05, 4.69) is 0 Å². The summed E-state index contributed by atoms with van der Waals surface area (Å²) in [5.74, 6) is -3.04. The van der Waals surface area contributed by atoms with Crippen LogP contribution in [0.3, 0.4) is 0 Å². The Morgan fingerprint density at radius 1 is 0.743 bits per heavy atom. The first kappa shape index (κ1) is 24.6. The van der Waals surface area contributed by atoms with E-state index in [1.54, 1.807) is 24.3 Å². The first-order valence-electron chi connectivity index (χ1n) is 11.2. The maximum atomic E-state index is 15.1. The van der Waals surface area contributed by atoms with Crippen molar-refractivity contribution in [1.29, 1.82) is 0 Å². The lowest BCUT2D eigenvalue weighted by atomic mass is 9.97. The highest BCUT2D eigenvalue weighted by atomic mass is 19.4. The molecule has 0 radical (unpaired) electrons. The Morgan fingerprint density at radius 2 is 1.40 bits per heavy atom. The van der Waals surface area contributed by atoms with Crippen LogP contribution in [0.5, 0.6) is 5.75 Å². The Bertz CT molecular complexity index is 1320. The number of rotatable bonds is 7. The van der Waals surface area contributed by atoms with Gasteiger partial charge < -0.3 is 4.74 Å². The predicted molar refractivity (Wildman–Crippen MR) is 124 cm³/mol. The van der Waals surface area contributed by atoms with Crippen molar-refractivity contribution in [2.24, 2.45) is 0 Å². The molecule has 1 nitrogen and oxygen atoms in total. The second-order valence-electron chi connectivity index (χ2n) is 8.28. The minimum atomic E-state index is -5.12. The molecule has 0 spiro atoms. The molecule has 0 aliphatic carbocycles. The van der Waals surface area contributed by atoms with Crippen molar-refractivity contribution < 1.29 is 31.1 Å². The predicted octanol–water partition coefficient (Wildman–Crippen LogP) is 8.52. The van der Waals surface area contributed by atoms with Gasteiger partial charge in [-0.05, 0) is 77.2 Å². The molecule has 4 aromatic rings. The quantitative estimate of drug-likeness (QED) is 0.237. The number of benzene rings is 4. The highest BCUT2D eigenvalue weighted by Crippen LogP contribution is 2.34. The molecule has 4 rings (SSSR count). The third kappa shape index (κ3) is 5.45. The summed E-state index contributed by atoms with van der Waals surface area (Å²) in [6.45, 7) is 2.67. The zero-order valence-corrected chi connectivity index (χ0v) is 18.9. The molecule has 0 saturated carbocycles. The van der Waals surface area contributed by atoms with Gasteiger partial charge in [-0.3, -0.25) is 0 Å². The van der Waals surface area contributed by atoms with Crippen molar-refractivity contribution in [3.63, 3.8) is 0 Å². The van der Waals surface area contributed by atoms with Gasteiger partial charge in [-0.15, -0.1) is 0 Å². The van der Waals surface area contributed by atoms with E-state index in [0.717, 1.165) is 23.3 Å². The fourth-order valence-electron chi connectivity index (χ4n) is 3.99. The van der Waals surface area contributed by atoms with E-state index in [0.29, 0.717) is 35.1 Å². The minimum Gasteiger partial charge on any atom is -0.494 e. The summed E-state index contributed by atoms with van der Waals surface area (Å²) >= 11 is 0. The fraction of sp³-hybridized carbons (Fsp3) is 0.214. The molecule has 0 aromatic heterocycles. The number of alkyl halides is 3. The molecule has 0 aliphatic rings. The Balaban J connectivity index is 1.53. The van der Waals surface area contributed by atoms with Crippen LogP contribution < -0.4 is 4.74 Å². The summed E-state index contributed by atoms with van der Waals surface area (Å²) in [7, 11) is 0. The lowest BCUT2D eigenvalue weighted by Gasteiger charge is -2.12. The average Bonchev–Trinajstić information content (AvgIpc) is 2.81. The number of halogens is 6. The summed E-state index contributed by atoms with van der Waals surface area (Å²) < 4.78 is 86.7. The normalized spacial score (nSPS) is 11.7. The minimum absolute atomic E-state index is 0.0149. The van der Waals surface area contributed by atoms with Crippen molar-refractivity contribution in [3.05, 3.63) is 101 Å². The van der Waals surface area contributed by atoms with Crippen LogP contribution >= 0.6 is 0 Å². The zero-order valence-electron chi connectivity index (χ0n) is 18.9. The second-order valence-corrected chi connectivity index (χ2v) is 8.28. The van der Waals surface area contributed by atoms with Crippen LogP contribution in [0.2, 0.25) is 0 Å². The Labute approximate surface area is 199 Å². The lowest BCUT2D eigenvalue weighted by molar-refractivity contribution is -0.142. The van der Waals surface area contributed by atoms with Gasteiger partial charge in [0.05, 0.1) is 6.61 Å². The third-order valence-electron chi connectivity index (χ3n) is 5.76. The van der Waals surface area contributed by atoms with Crippen LogP contribution in [-0.4, -0.2) is 6.61 Å². The summed E-state index contributed by atoms with van der Waals surface area (Å²) in [4.78, 5) is 0. The largest absolute Gasteiger partial charge is 0.494 e. The van der Waals surface area contributed by atoms with Gasteiger partial charge in [-0.25, -0.2) is 13.2 Å². The van der Waals surface area contributed by atoms with Crippen LogP contribution in [0.15, 0.2) is 66.7 Å².